The fourth-order valence-electron chi connectivity index (χ4n) is 2.96. The lowest BCUT2D eigenvalue weighted by Gasteiger charge is -2.17. The summed E-state index contributed by atoms with van der Waals surface area (Å²) in [7, 11) is 5.29. The minimum absolute atomic E-state index is 0.00691. The summed E-state index contributed by atoms with van der Waals surface area (Å²) in [5.41, 5.74) is 1.43. The van der Waals surface area contributed by atoms with Gasteiger partial charge in [0, 0.05) is 39.9 Å². The van der Waals surface area contributed by atoms with Crippen molar-refractivity contribution in [3.8, 4) is 11.8 Å². The second kappa shape index (κ2) is 11.5. The van der Waals surface area contributed by atoms with Crippen LogP contribution in [0, 0.1) is 11.3 Å². The molecule has 0 spiro atoms. The van der Waals surface area contributed by atoms with Crippen LogP contribution in [-0.4, -0.2) is 56.5 Å². The fourth-order valence-corrected chi connectivity index (χ4v) is 2.96. The van der Waals surface area contributed by atoms with Crippen LogP contribution in [0.5, 0.6) is 5.75 Å². The number of nitrogens with zero attached hydrogens (tertiary/aromatic N) is 3. The summed E-state index contributed by atoms with van der Waals surface area (Å²) in [6.07, 6.45) is 2.40. The van der Waals surface area contributed by atoms with Crippen molar-refractivity contribution >= 4 is 35.5 Å². The third-order valence-corrected chi connectivity index (χ3v) is 4.65. The first-order valence-corrected chi connectivity index (χ1v) is 10.1. The van der Waals surface area contributed by atoms with Crippen LogP contribution in [0.2, 0.25) is 0 Å². The van der Waals surface area contributed by atoms with Gasteiger partial charge in [-0.1, -0.05) is 6.07 Å². The second-order valence-electron chi connectivity index (χ2n) is 7.25. The Morgan fingerprint density at radius 3 is 2.50 bits per heavy atom. The number of benzene rings is 1. The van der Waals surface area contributed by atoms with Crippen LogP contribution in [0.15, 0.2) is 23.8 Å². The molecule has 0 atom stereocenters. The number of hydroxylamine groups is 2. The highest BCUT2D eigenvalue weighted by molar-refractivity contribution is 6.02. The Hall–Kier alpha value is -3.87. The van der Waals surface area contributed by atoms with Gasteiger partial charge in [-0.05, 0) is 36.6 Å². The molecule has 1 aromatic rings. The molecule has 0 saturated carbocycles. The molecule has 1 heterocycles. The zero-order valence-electron chi connectivity index (χ0n) is 18.3. The maximum absolute atomic E-state index is 12.3. The van der Waals surface area contributed by atoms with Crippen molar-refractivity contribution in [3.63, 3.8) is 0 Å². The van der Waals surface area contributed by atoms with Crippen molar-refractivity contribution in [3.05, 3.63) is 29.3 Å². The number of methoxy groups -OCH3 is 1. The van der Waals surface area contributed by atoms with E-state index in [1.54, 1.807) is 19.2 Å². The topological polar surface area (TPSA) is 129 Å². The Morgan fingerprint density at radius 2 is 1.91 bits per heavy atom. The molecule has 10 nitrogen and oxygen atoms in total. The molecule has 0 aromatic heterocycles. The van der Waals surface area contributed by atoms with E-state index in [0.29, 0.717) is 29.2 Å². The Kier molecular flexibility index (Phi) is 8.77. The largest absolute Gasteiger partial charge is 0.495 e. The van der Waals surface area contributed by atoms with E-state index in [1.165, 1.54) is 6.08 Å². The minimum atomic E-state index is -0.686. The number of imide groups is 1. The van der Waals surface area contributed by atoms with E-state index in [-0.39, 0.29) is 31.4 Å². The lowest BCUT2D eigenvalue weighted by molar-refractivity contribution is -0.197. The Labute approximate surface area is 186 Å². The first kappa shape index (κ1) is 24.4. The van der Waals surface area contributed by atoms with Gasteiger partial charge in [-0.3, -0.25) is 14.4 Å². The van der Waals surface area contributed by atoms with Crippen molar-refractivity contribution in [2.24, 2.45) is 0 Å². The number of nitriles is 1. The van der Waals surface area contributed by atoms with Crippen molar-refractivity contribution in [2.75, 3.05) is 32.6 Å². The lowest BCUT2D eigenvalue weighted by atomic mass is 10.1. The van der Waals surface area contributed by atoms with Gasteiger partial charge in [0.25, 0.3) is 17.7 Å². The van der Waals surface area contributed by atoms with Gasteiger partial charge in [0.05, 0.1) is 12.8 Å². The molecule has 1 aliphatic rings. The van der Waals surface area contributed by atoms with Gasteiger partial charge in [-0.15, -0.1) is 5.06 Å². The molecule has 170 valence electrons. The summed E-state index contributed by atoms with van der Waals surface area (Å²) < 4.78 is 5.31. The number of anilines is 1. The zero-order valence-corrected chi connectivity index (χ0v) is 18.3. The van der Waals surface area contributed by atoms with E-state index < -0.39 is 23.7 Å². The SMILES string of the molecule is COc1ccc(/C=C(\C#N)C(=O)NCCCCC(=O)ON2C(=O)CCC2=O)cc1N(C)C. The van der Waals surface area contributed by atoms with E-state index >= 15 is 0 Å². The van der Waals surface area contributed by atoms with Gasteiger partial charge in [-0.25, -0.2) is 4.79 Å². The Balaban J connectivity index is 1.82. The van der Waals surface area contributed by atoms with Crippen LogP contribution >= 0.6 is 0 Å². The first-order valence-electron chi connectivity index (χ1n) is 10.1. The molecule has 3 amide bonds. The van der Waals surface area contributed by atoms with E-state index in [2.05, 4.69) is 5.32 Å². The van der Waals surface area contributed by atoms with Crippen LogP contribution in [0.4, 0.5) is 5.69 Å². The maximum atomic E-state index is 12.3. The number of ether oxygens (including phenoxy) is 1. The van der Waals surface area contributed by atoms with E-state index in [0.717, 1.165) is 5.69 Å². The number of carbonyl (C=O) groups excluding carboxylic acids is 4. The van der Waals surface area contributed by atoms with Crippen molar-refractivity contribution < 1.29 is 28.8 Å². The number of nitrogens with one attached hydrogen (secondary N) is 1. The summed E-state index contributed by atoms with van der Waals surface area (Å²) in [5.74, 6) is -1.59. The molecule has 2 rings (SSSR count). The van der Waals surface area contributed by atoms with Crippen molar-refractivity contribution in [1.82, 2.24) is 10.4 Å². The molecule has 1 N–H and O–H groups in total. The van der Waals surface area contributed by atoms with Crippen LogP contribution in [0.3, 0.4) is 0 Å². The molecular weight excluding hydrogens is 416 g/mol. The number of hydrogen-bond acceptors (Lipinski definition) is 8. The van der Waals surface area contributed by atoms with Gasteiger partial charge in [0.1, 0.15) is 17.4 Å². The van der Waals surface area contributed by atoms with Crippen LogP contribution in [-0.2, 0) is 24.0 Å². The quantitative estimate of drug-likeness (QED) is 0.250. The van der Waals surface area contributed by atoms with Crippen LogP contribution in [0.25, 0.3) is 6.08 Å². The van der Waals surface area contributed by atoms with E-state index in [4.69, 9.17) is 9.57 Å². The third kappa shape index (κ3) is 6.57. The molecule has 1 aromatic carbocycles. The molecule has 0 bridgehead atoms. The summed E-state index contributed by atoms with van der Waals surface area (Å²) in [6, 6.07) is 7.21. The predicted octanol–water partition coefficient (Wildman–Crippen LogP) is 1.56. The highest BCUT2D eigenvalue weighted by Gasteiger charge is 2.32. The summed E-state index contributed by atoms with van der Waals surface area (Å²) in [6.45, 7) is 0.248. The smallest absolute Gasteiger partial charge is 0.333 e. The molecule has 0 aliphatic carbocycles. The maximum Gasteiger partial charge on any atom is 0.333 e. The van der Waals surface area contributed by atoms with E-state index in [1.807, 2.05) is 31.1 Å². The second-order valence-corrected chi connectivity index (χ2v) is 7.25. The van der Waals surface area contributed by atoms with E-state index in [9.17, 15) is 24.4 Å². The van der Waals surface area contributed by atoms with Crippen LogP contribution < -0.4 is 15.0 Å². The molecule has 32 heavy (non-hydrogen) atoms. The molecule has 0 unspecified atom stereocenters. The normalized spacial score (nSPS) is 13.6. The zero-order chi connectivity index (χ0) is 23.7. The number of unbranched alkanes of at least 4 members (excludes halogenated alkanes) is 1. The number of hydrogen-bond donors (Lipinski definition) is 1. The molecule has 1 aliphatic heterocycles. The van der Waals surface area contributed by atoms with Crippen LogP contribution in [0.1, 0.15) is 37.7 Å². The highest BCUT2D eigenvalue weighted by atomic mass is 16.7. The summed E-state index contributed by atoms with van der Waals surface area (Å²) >= 11 is 0. The first-order chi connectivity index (χ1) is 15.3. The van der Waals surface area contributed by atoms with Gasteiger partial charge in [0.2, 0.25) is 0 Å². The highest BCUT2D eigenvalue weighted by Crippen LogP contribution is 2.28. The Bertz CT molecular complexity index is 948. The molecular formula is C22H26N4O6. The van der Waals surface area contributed by atoms with Crippen molar-refractivity contribution in [1.29, 1.82) is 5.26 Å². The van der Waals surface area contributed by atoms with Crippen molar-refractivity contribution in [2.45, 2.75) is 32.1 Å². The number of rotatable bonds is 10. The Morgan fingerprint density at radius 1 is 1.22 bits per heavy atom. The van der Waals surface area contributed by atoms with Gasteiger partial charge in [0.15, 0.2) is 0 Å². The fraction of sp³-hybridized carbons (Fsp3) is 0.409. The number of amides is 3. The van der Waals surface area contributed by atoms with Gasteiger partial charge < -0.3 is 19.8 Å². The third-order valence-electron chi connectivity index (χ3n) is 4.65. The predicted molar refractivity (Wildman–Crippen MR) is 115 cm³/mol. The van der Waals surface area contributed by atoms with Gasteiger partial charge >= 0.3 is 5.97 Å². The molecule has 0 radical (unpaired) electrons. The monoisotopic (exact) mass is 442 g/mol. The summed E-state index contributed by atoms with van der Waals surface area (Å²) in [4.78, 5) is 53.5. The summed E-state index contributed by atoms with van der Waals surface area (Å²) in [5, 5.41) is 12.5. The standard InChI is InChI=1S/C22H26N4O6/c1-25(2)17-13-15(7-8-18(17)31-3)12-16(14-23)22(30)24-11-5-4-6-21(29)32-26-19(27)9-10-20(26)28/h7-8,12-13H,4-6,9-11H2,1-3H3,(H,24,30)/b16-12+. The minimum Gasteiger partial charge on any atom is -0.495 e. The molecule has 10 heteroatoms. The number of carbonyl (C=O) groups is 4. The average Bonchev–Trinajstić information content (AvgIpc) is 3.08. The average molecular weight is 442 g/mol. The molecule has 1 fully saturated rings. The van der Waals surface area contributed by atoms with Gasteiger partial charge in [-0.2, -0.15) is 5.26 Å². The molecule has 1 saturated heterocycles. The lowest BCUT2D eigenvalue weighted by Crippen LogP contribution is -2.32.